The Morgan fingerprint density at radius 3 is 0.951 bits per heavy atom. The molecule has 24 unspecified atom stereocenters. The maximum absolute atomic E-state index is 10.7. The Morgan fingerprint density at radius 2 is 0.583 bits per heavy atom. The van der Waals surface area contributed by atoms with E-state index in [0.29, 0.717) is 50.1 Å². The van der Waals surface area contributed by atoms with Gasteiger partial charge in [0.05, 0.1) is 33.0 Å². The lowest BCUT2D eigenvalue weighted by molar-refractivity contribution is -0.306. The van der Waals surface area contributed by atoms with E-state index < -0.39 is 37.3 Å². The van der Waals surface area contributed by atoms with E-state index in [0.717, 1.165) is 116 Å². The summed E-state index contributed by atoms with van der Waals surface area (Å²) in [5, 5.41) is 51.3. The van der Waals surface area contributed by atoms with E-state index in [1.54, 1.807) is 0 Å². The van der Waals surface area contributed by atoms with Gasteiger partial charge >= 0.3 is 0 Å². The SMILES string of the molecule is CC1CCCC(C)CCCC(C)CCC(C)CCCC(C)CCCC(C)CCCC(C)CCOC(COC2OC(CO)C(O)C(O)C2O)COCCC(C)CCC(C)CCCCC(C)CCCC(C)CCC(C)CCCC(C)C2CCC(CCCC(C)CCOC(CO)COCCC(C)CCC1)C2. The summed E-state index contributed by atoms with van der Waals surface area (Å²) in [5.41, 5.74) is 0. The highest BCUT2D eigenvalue weighted by atomic mass is 16.7. The van der Waals surface area contributed by atoms with Gasteiger partial charge in [-0.25, -0.2) is 0 Å². The van der Waals surface area contributed by atoms with Crippen LogP contribution in [-0.4, -0.2) is 128 Å². The van der Waals surface area contributed by atoms with Crippen LogP contribution in [0.2, 0.25) is 0 Å². The van der Waals surface area contributed by atoms with E-state index in [9.17, 15) is 25.5 Å². The largest absolute Gasteiger partial charge is 0.394 e. The number of aliphatic hydroxyl groups excluding tert-OH is 5. The van der Waals surface area contributed by atoms with Crippen molar-refractivity contribution in [3.8, 4) is 0 Å². The summed E-state index contributed by atoms with van der Waals surface area (Å²) >= 11 is 0. The molecular formula is C92H180O11. The first-order chi connectivity index (χ1) is 49.4. The van der Waals surface area contributed by atoms with Gasteiger partial charge in [0.25, 0.3) is 0 Å². The van der Waals surface area contributed by atoms with Crippen LogP contribution in [0.4, 0.5) is 0 Å². The summed E-state index contributed by atoms with van der Waals surface area (Å²) in [7, 11) is 0. The zero-order valence-corrected chi connectivity index (χ0v) is 71.0. The molecule has 0 aromatic rings. The molecular weight excluding hydrogens is 1280 g/mol. The van der Waals surface area contributed by atoms with Crippen molar-refractivity contribution >= 4 is 0 Å². The molecule has 614 valence electrons. The Bertz CT molecular complexity index is 1890. The molecule has 0 amide bonds. The second-order valence-electron chi connectivity index (χ2n) is 37.8. The zero-order valence-electron chi connectivity index (χ0n) is 71.0. The molecule has 5 N–H and O–H groups in total. The Hall–Kier alpha value is -0.440. The van der Waals surface area contributed by atoms with Crippen molar-refractivity contribution in [1.29, 1.82) is 0 Å². The van der Waals surface area contributed by atoms with Gasteiger partial charge in [0.1, 0.15) is 36.6 Å². The molecule has 1 saturated carbocycles. The van der Waals surface area contributed by atoms with Crippen molar-refractivity contribution in [3.05, 3.63) is 0 Å². The molecule has 3 fully saturated rings. The maximum Gasteiger partial charge on any atom is 0.186 e. The summed E-state index contributed by atoms with van der Waals surface area (Å²) in [4.78, 5) is 0. The molecule has 3 aliphatic rings. The van der Waals surface area contributed by atoms with Gasteiger partial charge in [0, 0.05) is 26.4 Å². The fourth-order valence-electron chi connectivity index (χ4n) is 17.7. The van der Waals surface area contributed by atoms with Crippen molar-refractivity contribution in [2.24, 2.45) is 101 Å². The summed E-state index contributed by atoms with van der Waals surface area (Å²) < 4.78 is 36.6. The van der Waals surface area contributed by atoms with Gasteiger partial charge in [0.2, 0.25) is 0 Å². The summed E-state index contributed by atoms with van der Waals surface area (Å²) in [6, 6.07) is 0. The molecule has 11 nitrogen and oxygen atoms in total. The van der Waals surface area contributed by atoms with Gasteiger partial charge in [-0.05, 0) is 139 Å². The third kappa shape index (κ3) is 48.8. The smallest absolute Gasteiger partial charge is 0.186 e. The lowest BCUT2D eigenvalue weighted by Gasteiger charge is -2.40. The first-order valence-electron chi connectivity index (χ1n) is 45.4. The molecule has 2 bridgehead atoms. The van der Waals surface area contributed by atoms with Gasteiger partial charge in [-0.2, -0.15) is 0 Å². The topological polar surface area (TPSA) is 157 Å². The highest BCUT2D eigenvalue weighted by molar-refractivity contribution is 4.89. The highest BCUT2D eigenvalue weighted by Crippen LogP contribution is 2.41. The monoisotopic (exact) mass is 1460 g/mol. The molecule has 0 spiro atoms. The Morgan fingerprint density at radius 1 is 0.282 bits per heavy atom. The van der Waals surface area contributed by atoms with E-state index >= 15 is 0 Å². The second kappa shape index (κ2) is 60.2. The van der Waals surface area contributed by atoms with E-state index in [1.165, 1.54) is 257 Å². The van der Waals surface area contributed by atoms with Crippen molar-refractivity contribution in [2.75, 3.05) is 59.5 Å². The van der Waals surface area contributed by atoms with Crippen LogP contribution in [0.3, 0.4) is 0 Å². The lowest BCUT2D eigenvalue weighted by Crippen LogP contribution is -2.59. The molecule has 0 radical (unpaired) electrons. The van der Waals surface area contributed by atoms with E-state index in [2.05, 4.69) is 104 Å². The number of fused-ring (bicyclic) bond motifs is 2. The molecule has 0 aromatic heterocycles. The number of ether oxygens (including phenoxy) is 6. The third-order valence-electron chi connectivity index (χ3n) is 26.5. The van der Waals surface area contributed by atoms with Crippen LogP contribution in [0.1, 0.15) is 386 Å². The van der Waals surface area contributed by atoms with Crippen LogP contribution in [0, 0.1) is 101 Å². The van der Waals surface area contributed by atoms with Gasteiger partial charge in [0.15, 0.2) is 6.29 Å². The van der Waals surface area contributed by atoms with Gasteiger partial charge in [-0.15, -0.1) is 0 Å². The van der Waals surface area contributed by atoms with Gasteiger partial charge in [-0.1, -0.05) is 348 Å². The molecule has 2 aliphatic heterocycles. The second-order valence-corrected chi connectivity index (χ2v) is 37.8. The summed E-state index contributed by atoms with van der Waals surface area (Å²) in [5.74, 6) is 13.3. The van der Waals surface area contributed by atoms with Gasteiger partial charge in [-0.3, -0.25) is 0 Å². The van der Waals surface area contributed by atoms with E-state index in [4.69, 9.17) is 28.4 Å². The van der Waals surface area contributed by atoms with Crippen LogP contribution >= 0.6 is 0 Å². The van der Waals surface area contributed by atoms with Crippen molar-refractivity contribution in [3.63, 3.8) is 0 Å². The predicted octanol–water partition coefficient (Wildman–Crippen LogP) is 23.6. The molecule has 11 heteroatoms. The zero-order chi connectivity index (χ0) is 75.6. The van der Waals surface area contributed by atoms with Crippen molar-refractivity contribution < 1.29 is 54.0 Å². The third-order valence-corrected chi connectivity index (χ3v) is 26.5. The lowest BCUT2D eigenvalue weighted by atomic mass is 9.85. The van der Waals surface area contributed by atoms with E-state index in [1.807, 2.05) is 0 Å². The quantitative estimate of drug-likeness (QED) is 0.179. The fourth-order valence-corrected chi connectivity index (χ4v) is 17.7. The Balaban J connectivity index is 1.42. The van der Waals surface area contributed by atoms with E-state index in [-0.39, 0.29) is 25.4 Å². The Kier molecular flexibility index (Phi) is 56.6. The standard InChI is InChI=1S/C92H180O11/c1-69-27-16-17-28-74(6)51-52-82(14)56-60-99-67-87(68-102-92-91(97)90(96)89(95)88(65-94)103-92)101-62-58-80(12)42-24-37-73(5)33-19-31-71(3)35-22-40-77(9)48-47-76(8)39-21-34-70(2)30-18-32-72(4)36-23-41-79(11)55-59-98-66-86(64-93)100-61-57-81(13)44-26-46-84-53-54-85(63-84)83(15)45-25-43-78(10)50-49-75(7)38-20-29-69/h69-97H,16-68H2,1-15H3. The van der Waals surface area contributed by atoms with Gasteiger partial charge < -0.3 is 54.0 Å². The molecule has 2 heterocycles. The van der Waals surface area contributed by atoms with Crippen LogP contribution in [0.25, 0.3) is 0 Å². The normalized spacial score (nSPS) is 39.0. The molecule has 2 saturated heterocycles. The summed E-state index contributed by atoms with van der Waals surface area (Å²) in [6.45, 7) is 40.1. The number of hydrogen-bond acceptors (Lipinski definition) is 11. The average Bonchev–Trinajstić information content (AvgIpc) is 1.29. The average molecular weight is 1460 g/mol. The molecule has 1 aliphatic carbocycles. The number of hydrogen-bond donors (Lipinski definition) is 5. The number of rotatable bonds is 5. The minimum Gasteiger partial charge on any atom is -0.394 e. The Labute approximate surface area is 640 Å². The minimum absolute atomic E-state index is 0.0375. The first-order valence-corrected chi connectivity index (χ1v) is 45.4. The molecule has 103 heavy (non-hydrogen) atoms. The molecule has 24 atom stereocenters. The van der Waals surface area contributed by atoms with Crippen molar-refractivity contribution in [2.45, 2.75) is 429 Å². The van der Waals surface area contributed by atoms with Crippen LogP contribution in [0.5, 0.6) is 0 Å². The van der Waals surface area contributed by atoms with Crippen LogP contribution in [0.15, 0.2) is 0 Å². The van der Waals surface area contributed by atoms with Crippen LogP contribution in [-0.2, 0) is 28.4 Å². The van der Waals surface area contributed by atoms with Crippen LogP contribution < -0.4 is 0 Å². The first kappa shape index (κ1) is 96.8. The maximum atomic E-state index is 10.7. The predicted molar refractivity (Wildman–Crippen MR) is 436 cm³/mol. The minimum atomic E-state index is -1.48. The molecule has 3 rings (SSSR count). The molecule has 0 aromatic carbocycles. The van der Waals surface area contributed by atoms with Crippen molar-refractivity contribution in [1.82, 2.24) is 0 Å². The number of aliphatic hydroxyl groups is 5. The fraction of sp³-hybridized carbons (Fsp3) is 1.00. The highest BCUT2D eigenvalue weighted by Gasteiger charge is 2.44. The summed E-state index contributed by atoms with van der Waals surface area (Å²) in [6.07, 6.45) is 51.1.